The SMILES string of the molecule is C=CCC[C@@H](N)c1ccc(F)cc1OC. The Balaban J connectivity index is 2.86. The van der Waals surface area contributed by atoms with E-state index in [1.165, 1.54) is 19.2 Å². The Morgan fingerprint density at radius 3 is 2.93 bits per heavy atom. The molecular weight excluding hydrogens is 193 g/mol. The summed E-state index contributed by atoms with van der Waals surface area (Å²) < 4.78 is 18.0. The Hall–Kier alpha value is -1.35. The fourth-order valence-corrected chi connectivity index (χ4v) is 1.44. The summed E-state index contributed by atoms with van der Waals surface area (Å²) in [7, 11) is 1.51. The summed E-state index contributed by atoms with van der Waals surface area (Å²) in [6, 6.07) is 4.27. The molecular formula is C12H16FNO. The second kappa shape index (κ2) is 5.51. The van der Waals surface area contributed by atoms with E-state index in [0.717, 1.165) is 18.4 Å². The Kier molecular flexibility index (Phi) is 4.31. The number of rotatable bonds is 5. The Morgan fingerprint density at radius 1 is 1.60 bits per heavy atom. The lowest BCUT2D eigenvalue weighted by Crippen LogP contribution is -2.11. The van der Waals surface area contributed by atoms with E-state index in [2.05, 4.69) is 6.58 Å². The minimum absolute atomic E-state index is 0.140. The molecule has 0 radical (unpaired) electrons. The van der Waals surface area contributed by atoms with Crippen molar-refractivity contribution in [1.29, 1.82) is 0 Å². The lowest BCUT2D eigenvalue weighted by molar-refractivity contribution is 0.401. The molecule has 0 saturated carbocycles. The third-order valence-electron chi connectivity index (χ3n) is 2.28. The Morgan fingerprint density at radius 2 is 2.33 bits per heavy atom. The number of benzene rings is 1. The van der Waals surface area contributed by atoms with Gasteiger partial charge in [-0.1, -0.05) is 12.1 Å². The van der Waals surface area contributed by atoms with Crippen LogP contribution in [0.2, 0.25) is 0 Å². The highest BCUT2D eigenvalue weighted by atomic mass is 19.1. The van der Waals surface area contributed by atoms with Gasteiger partial charge in [0.05, 0.1) is 7.11 Å². The number of nitrogens with two attached hydrogens (primary N) is 1. The predicted octanol–water partition coefficient (Wildman–Crippen LogP) is 2.80. The van der Waals surface area contributed by atoms with Gasteiger partial charge in [-0.15, -0.1) is 6.58 Å². The van der Waals surface area contributed by atoms with Crippen molar-refractivity contribution in [3.8, 4) is 5.75 Å². The molecule has 0 fully saturated rings. The van der Waals surface area contributed by atoms with Crippen LogP contribution in [0.4, 0.5) is 4.39 Å². The molecule has 15 heavy (non-hydrogen) atoms. The molecule has 0 bridgehead atoms. The van der Waals surface area contributed by atoms with E-state index in [9.17, 15) is 4.39 Å². The van der Waals surface area contributed by atoms with Crippen molar-refractivity contribution < 1.29 is 9.13 Å². The van der Waals surface area contributed by atoms with Crippen molar-refractivity contribution in [3.63, 3.8) is 0 Å². The van der Waals surface area contributed by atoms with E-state index in [0.29, 0.717) is 5.75 Å². The molecule has 0 spiro atoms. The van der Waals surface area contributed by atoms with Gasteiger partial charge in [-0.25, -0.2) is 4.39 Å². The number of hydrogen-bond acceptors (Lipinski definition) is 2. The van der Waals surface area contributed by atoms with E-state index in [-0.39, 0.29) is 11.9 Å². The molecule has 82 valence electrons. The van der Waals surface area contributed by atoms with Gasteiger partial charge in [0.15, 0.2) is 0 Å². The summed E-state index contributed by atoms with van der Waals surface area (Å²) in [5, 5.41) is 0. The van der Waals surface area contributed by atoms with Crippen molar-refractivity contribution >= 4 is 0 Å². The van der Waals surface area contributed by atoms with Gasteiger partial charge in [0, 0.05) is 17.7 Å². The molecule has 0 aliphatic rings. The molecule has 0 aliphatic heterocycles. The highest BCUT2D eigenvalue weighted by molar-refractivity contribution is 5.36. The lowest BCUT2D eigenvalue weighted by atomic mass is 10.0. The van der Waals surface area contributed by atoms with E-state index >= 15 is 0 Å². The molecule has 0 aliphatic carbocycles. The van der Waals surface area contributed by atoms with Gasteiger partial charge in [0.25, 0.3) is 0 Å². The smallest absolute Gasteiger partial charge is 0.126 e. The van der Waals surface area contributed by atoms with Crippen LogP contribution in [-0.2, 0) is 0 Å². The van der Waals surface area contributed by atoms with E-state index in [1.54, 1.807) is 6.07 Å². The van der Waals surface area contributed by atoms with E-state index in [1.807, 2.05) is 6.08 Å². The largest absolute Gasteiger partial charge is 0.496 e. The van der Waals surface area contributed by atoms with Crippen molar-refractivity contribution in [2.45, 2.75) is 18.9 Å². The fraction of sp³-hybridized carbons (Fsp3) is 0.333. The summed E-state index contributed by atoms with van der Waals surface area (Å²) in [4.78, 5) is 0. The van der Waals surface area contributed by atoms with E-state index in [4.69, 9.17) is 10.5 Å². The van der Waals surface area contributed by atoms with Crippen molar-refractivity contribution in [2.24, 2.45) is 5.73 Å². The Labute approximate surface area is 89.6 Å². The highest BCUT2D eigenvalue weighted by Crippen LogP contribution is 2.27. The standard InChI is InChI=1S/C12H16FNO/c1-3-4-5-11(14)10-7-6-9(13)8-12(10)15-2/h3,6-8,11H,1,4-5,14H2,2H3/t11-/m1/s1. The maximum atomic E-state index is 12.9. The van der Waals surface area contributed by atoms with Crippen molar-refractivity contribution in [3.05, 3.63) is 42.2 Å². The molecule has 2 N–H and O–H groups in total. The maximum Gasteiger partial charge on any atom is 0.126 e. The van der Waals surface area contributed by atoms with Gasteiger partial charge in [-0.05, 0) is 18.9 Å². The Bertz CT molecular complexity index is 338. The normalized spacial score (nSPS) is 12.2. The molecule has 0 amide bonds. The van der Waals surface area contributed by atoms with Gasteiger partial charge in [0.2, 0.25) is 0 Å². The highest BCUT2D eigenvalue weighted by Gasteiger charge is 2.11. The first kappa shape index (κ1) is 11.7. The lowest BCUT2D eigenvalue weighted by Gasteiger charge is -2.14. The predicted molar refractivity (Wildman–Crippen MR) is 59.3 cm³/mol. The zero-order valence-corrected chi connectivity index (χ0v) is 8.87. The van der Waals surface area contributed by atoms with Crippen molar-refractivity contribution in [1.82, 2.24) is 0 Å². The third kappa shape index (κ3) is 3.06. The second-order valence-corrected chi connectivity index (χ2v) is 3.36. The first-order valence-electron chi connectivity index (χ1n) is 4.89. The zero-order chi connectivity index (χ0) is 11.3. The van der Waals surface area contributed by atoms with Crippen LogP contribution in [0, 0.1) is 5.82 Å². The third-order valence-corrected chi connectivity index (χ3v) is 2.28. The molecule has 3 heteroatoms. The molecule has 2 nitrogen and oxygen atoms in total. The average molecular weight is 209 g/mol. The van der Waals surface area contributed by atoms with Crippen LogP contribution in [0.5, 0.6) is 5.75 Å². The average Bonchev–Trinajstić information content (AvgIpc) is 2.25. The number of methoxy groups -OCH3 is 1. The van der Waals surface area contributed by atoms with Crippen LogP contribution in [0.3, 0.4) is 0 Å². The van der Waals surface area contributed by atoms with Crippen LogP contribution >= 0.6 is 0 Å². The van der Waals surface area contributed by atoms with E-state index < -0.39 is 0 Å². The summed E-state index contributed by atoms with van der Waals surface area (Å²) >= 11 is 0. The molecule has 0 unspecified atom stereocenters. The first-order valence-corrected chi connectivity index (χ1v) is 4.89. The van der Waals surface area contributed by atoms with Crippen LogP contribution in [0.1, 0.15) is 24.4 Å². The van der Waals surface area contributed by atoms with Gasteiger partial charge in [-0.2, -0.15) is 0 Å². The molecule has 1 aromatic rings. The van der Waals surface area contributed by atoms with Crippen molar-refractivity contribution in [2.75, 3.05) is 7.11 Å². The molecule has 0 saturated heterocycles. The van der Waals surface area contributed by atoms with Crippen LogP contribution in [0.25, 0.3) is 0 Å². The molecule has 0 heterocycles. The molecule has 1 atom stereocenters. The molecule has 1 rings (SSSR count). The zero-order valence-electron chi connectivity index (χ0n) is 8.87. The summed E-state index contributed by atoms with van der Waals surface area (Å²) in [5.74, 6) is 0.193. The summed E-state index contributed by atoms with van der Waals surface area (Å²) in [5.41, 5.74) is 6.79. The minimum atomic E-state index is -0.313. The summed E-state index contributed by atoms with van der Waals surface area (Å²) in [6.45, 7) is 3.64. The van der Waals surface area contributed by atoms with Gasteiger partial charge < -0.3 is 10.5 Å². The number of halogens is 1. The quantitative estimate of drug-likeness (QED) is 0.757. The maximum absolute atomic E-state index is 12.9. The summed E-state index contributed by atoms with van der Waals surface area (Å²) in [6.07, 6.45) is 3.43. The molecule has 1 aromatic carbocycles. The van der Waals surface area contributed by atoms with Gasteiger partial charge in [-0.3, -0.25) is 0 Å². The van der Waals surface area contributed by atoms with Gasteiger partial charge >= 0.3 is 0 Å². The molecule has 0 aromatic heterocycles. The number of allylic oxidation sites excluding steroid dienone is 1. The van der Waals surface area contributed by atoms with Crippen LogP contribution < -0.4 is 10.5 Å². The first-order chi connectivity index (χ1) is 7.19. The monoisotopic (exact) mass is 209 g/mol. The number of hydrogen-bond donors (Lipinski definition) is 1. The number of ether oxygens (including phenoxy) is 1. The van der Waals surface area contributed by atoms with Crippen LogP contribution in [0.15, 0.2) is 30.9 Å². The minimum Gasteiger partial charge on any atom is -0.496 e. The second-order valence-electron chi connectivity index (χ2n) is 3.36. The fourth-order valence-electron chi connectivity index (χ4n) is 1.44. The van der Waals surface area contributed by atoms with Gasteiger partial charge in [0.1, 0.15) is 11.6 Å². The topological polar surface area (TPSA) is 35.2 Å². The van der Waals surface area contributed by atoms with Crippen LogP contribution in [-0.4, -0.2) is 7.11 Å².